The molecule has 0 saturated heterocycles. The Labute approximate surface area is 231 Å². The molecule has 5 rings (SSSR count). The van der Waals surface area contributed by atoms with Gasteiger partial charge in [-0.25, -0.2) is 9.07 Å². The van der Waals surface area contributed by atoms with Crippen LogP contribution in [0.25, 0.3) is 11.0 Å². The highest BCUT2D eigenvalue weighted by molar-refractivity contribution is 5.89. The van der Waals surface area contributed by atoms with Crippen molar-refractivity contribution in [2.24, 2.45) is 0 Å². The zero-order chi connectivity index (χ0) is 27.9. The van der Waals surface area contributed by atoms with E-state index in [4.69, 9.17) is 4.74 Å². The van der Waals surface area contributed by atoms with Crippen LogP contribution in [0, 0.1) is 5.82 Å². The van der Waals surface area contributed by atoms with Crippen LogP contribution in [0.3, 0.4) is 0 Å². The van der Waals surface area contributed by atoms with Gasteiger partial charge in [0.15, 0.2) is 0 Å². The quantitative estimate of drug-likeness (QED) is 0.280. The summed E-state index contributed by atoms with van der Waals surface area (Å²) >= 11 is 0. The van der Waals surface area contributed by atoms with Crippen LogP contribution in [0.2, 0.25) is 0 Å². The van der Waals surface area contributed by atoms with Crippen LogP contribution in [0.5, 0.6) is 5.75 Å². The average Bonchev–Trinajstić information content (AvgIpc) is 3.39. The number of ether oxygens (including phenoxy) is 1. The molecule has 0 aliphatic carbocycles. The second-order valence-electron chi connectivity index (χ2n) is 9.27. The molecule has 0 radical (unpaired) electrons. The lowest BCUT2D eigenvalue weighted by Crippen LogP contribution is -2.44. The predicted molar refractivity (Wildman–Crippen MR) is 149 cm³/mol. The lowest BCUT2D eigenvalue weighted by Gasteiger charge is -2.32. The van der Waals surface area contributed by atoms with Gasteiger partial charge in [0.1, 0.15) is 29.7 Å². The number of nitrogens with one attached hydrogen (secondary N) is 1. The van der Waals surface area contributed by atoms with Gasteiger partial charge in [-0.3, -0.25) is 9.59 Å². The Morgan fingerprint density at radius 1 is 0.925 bits per heavy atom. The van der Waals surface area contributed by atoms with Gasteiger partial charge in [0.2, 0.25) is 11.8 Å². The fourth-order valence-electron chi connectivity index (χ4n) is 4.54. The molecule has 0 saturated carbocycles. The number of carbonyl (C=O) groups excluding carboxylic acids is 2. The summed E-state index contributed by atoms with van der Waals surface area (Å²) < 4.78 is 20.3. The number of rotatable bonds is 10. The van der Waals surface area contributed by atoms with E-state index in [0.717, 1.165) is 11.1 Å². The average molecular weight is 538 g/mol. The monoisotopic (exact) mass is 537 g/mol. The molecule has 1 atom stereocenters. The van der Waals surface area contributed by atoms with E-state index in [2.05, 4.69) is 15.6 Å². The Bertz CT molecular complexity index is 1600. The van der Waals surface area contributed by atoms with Crippen molar-refractivity contribution in [2.75, 3.05) is 7.11 Å². The van der Waals surface area contributed by atoms with Crippen molar-refractivity contribution in [3.63, 3.8) is 0 Å². The van der Waals surface area contributed by atoms with E-state index in [9.17, 15) is 14.0 Å². The normalized spacial score (nSPS) is 11.7. The van der Waals surface area contributed by atoms with Crippen LogP contribution >= 0.6 is 0 Å². The number of carbonyl (C=O) groups is 2. The molecule has 0 bridgehead atoms. The zero-order valence-corrected chi connectivity index (χ0v) is 21.9. The summed E-state index contributed by atoms with van der Waals surface area (Å²) in [4.78, 5) is 29.4. The molecule has 9 heteroatoms. The van der Waals surface area contributed by atoms with Crippen LogP contribution in [-0.4, -0.2) is 38.8 Å². The number of hydrogen-bond donors (Lipinski definition) is 1. The van der Waals surface area contributed by atoms with Gasteiger partial charge in [-0.05, 0) is 53.1 Å². The van der Waals surface area contributed by atoms with Crippen molar-refractivity contribution >= 4 is 22.8 Å². The van der Waals surface area contributed by atoms with Gasteiger partial charge in [-0.15, -0.1) is 5.10 Å². The number of hydrogen-bond acceptors (Lipinski definition) is 5. The summed E-state index contributed by atoms with van der Waals surface area (Å²) in [5.74, 6) is -0.392. The van der Waals surface area contributed by atoms with E-state index in [1.54, 1.807) is 24.1 Å². The summed E-state index contributed by atoms with van der Waals surface area (Å²) in [6.07, 6.45) is 0. The molecule has 1 heterocycles. The first-order chi connectivity index (χ1) is 19.5. The lowest BCUT2D eigenvalue weighted by molar-refractivity contribution is -0.142. The molecule has 0 spiro atoms. The molecule has 4 aromatic carbocycles. The minimum Gasteiger partial charge on any atom is -0.497 e. The van der Waals surface area contributed by atoms with Gasteiger partial charge >= 0.3 is 0 Å². The highest BCUT2D eigenvalue weighted by Crippen LogP contribution is 2.26. The third kappa shape index (κ3) is 6.15. The highest BCUT2D eigenvalue weighted by atomic mass is 19.1. The summed E-state index contributed by atoms with van der Waals surface area (Å²) in [5, 5.41) is 11.3. The van der Waals surface area contributed by atoms with Crippen molar-refractivity contribution in [3.8, 4) is 5.75 Å². The van der Waals surface area contributed by atoms with E-state index >= 15 is 0 Å². The Morgan fingerprint density at radius 3 is 2.45 bits per heavy atom. The van der Waals surface area contributed by atoms with E-state index in [1.807, 2.05) is 78.9 Å². The maximum atomic E-state index is 14.0. The predicted octanol–water partition coefficient (Wildman–Crippen LogP) is 4.67. The Balaban J connectivity index is 1.50. The molecule has 0 aliphatic rings. The fourth-order valence-corrected chi connectivity index (χ4v) is 4.54. The van der Waals surface area contributed by atoms with Crippen LogP contribution in [0.15, 0.2) is 103 Å². The minimum absolute atomic E-state index is 0.112. The van der Waals surface area contributed by atoms with Gasteiger partial charge in [0.25, 0.3) is 0 Å². The minimum atomic E-state index is -0.949. The molecule has 0 aliphatic heterocycles. The van der Waals surface area contributed by atoms with Crippen LogP contribution in [0.4, 0.5) is 4.39 Å². The third-order valence-electron chi connectivity index (χ3n) is 6.57. The maximum absolute atomic E-state index is 14.0. The Kier molecular flexibility index (Phi) is 8.10. The van der Waals surface area contributed by atoms with Crippen LogP contribution < -0.4 is 10.1 Å². The van der Waals surface area contributed by atoms with Crippen molar-refractivity contribution in [1.29, 1.82) is 0 Å². The first-order valence-electron chi connectivity index (χ1n) is 12.8. The Hall–Kier alpha value is -5.05. The summed E-state index contributed by atoms with van der Waals surface area (Å²) in [5.41, 5.74) is 3.57. The number of methoxy groups -OCH3 is 1. The SMILES string of the molecule is COc1cccc(CN(C(=O)Cn2nnc3ccccc32)[C@@H](C(=O)NCc2ccc(F)cc2)c2ccccc2)c1. The molecular formula is C31H28FN5O3. The fraction of sp³-hybridized carbons (Fsp3) is 0.161. The number of amides is 2. The van der Waals surface area contributed by atoms with E-state index < -0.39 is 6.04 Å². The molecule has 1 N–H and O–H groups in total. The summed E-state index contributed by atoms with van der Waals surface area (Å²) in [7, 11) is 1.58. The highest BCUT2D eigenvalue weighted by Gasteiger charge is 2.32. The van der Waals surface area contributed by atoms with Gasteiger partial charge in [0.05, 0.1) is 12.6 Å². The lowest BCUT2D eigenvalue weighted by atomic mass is 10.0. The van der Waals surface area contributed by atoms with Crippen molar-refractivity contribution in [1.82, 2.24) is 25.2 Å². The number of halogens is 1. The Morgan fingerprint density at radius 2 is 1.68 bits per heavy atom. The van der Waals surface area contributed by atoms with Gasteiger partial charge in [-0.1, -0.05) is 71.9 Å². The second-order valence-corrected chi connectivity index (χ2v) is 9.27. The van der Waals surface area contributed by atoms with Gasteiger partial charge in [-0.2, -0.15) is 0 Å². The molecule has 0 fully saturated rings. The second kappa shape index (κ2) is 12.2. The van der Waals surface area contributed by atoms with Crippen molar-refractivity contribution in [3.05, 3.63) is 126 Å². The molecule has 1 aromatic heterocycles. The number of nitrogens with zero attached hydrogens (tertiary/aromatic N) is 4. The largest absolute Gasteiger partial charge is 0.497 e. The first kappa shape index (κ1) is 26.6. The topological polar surface area (TPSA) is 89.3 Å². The molecule has 2 amide bonds. The van der Waals surface area contributed by atoms with Crippen LogP contribution in [-0.2, 0) is 29.2 Å². The van der Waals surface area contributed by atoms with E-state index in [0.29, 0.717) is 22.3 Å². The molecule has 202 valence electrons. The molecule has 8 nitrogen and oxygen atoms in total. The number of para-hydroxylation sites is 1. The van der Waals surface area contributed by atoms with Gasteiger partial charge in [0, 0.05) is 13.1 Å². The maximum Gasteiger partial charge on any atom is 0.247 e. The molecule has 5 aromatic rings. The smallest absolute Gasteiger partial charge is 0.247 e. The third-order valence-corrected chi connectivity index (χ3v) is 6.57. The number of fused-ring (bicyclic) bond motifs is 1. The first-order valence-corrected chi connectivity index (χ1v) is 12.8. The van der Waals surface area contributed by atoms with Gasteiger partial charge < -0.3 is 15.0 Å². The van der Waals surface area contributed by atoms with E-state index in [1.165, 1.54) is 16.8 Å². The van der Waals surface area contributed by atoms with Crippen LogP contribution in [0.1, 0.15) is 22.7 Å². The van der Waals surface area contributed by atoms with E-state index in [-0.39, 0.29) is 37.3 Å². The zero-order valence-electron chi connectivity index (χ0n) is 21.9. The molecule has 0 unspecified atom stereocenters. The molecular weight excluding hydrogens is 509 g/mol. The molecule has 40 heavy (non-hydrogen) atoms. The van der Waals surface area contributed by atoms with Crippen molar-refractivity contribution in [2.45, 2.75) is 25.7 Å². The van der Waals surface area contributed by atoms with Crippen molar-refractivity contribution < 1.29 is 18.7 Å². The number of benzene rings is 4. The summed E-state index contributed by atoms with van der Waals surface area (Å²) in [6.45, 7) is 0.211. The number of aromatic nitrogens is 3. The standard InChI is InChI=1S/C31H28FN5O3/c1-40-26-11-7-8-23(18-26)20-36(29(38)21-37-28-13-6-5-12-27(28)34-35-37)30(24-9-3-2-4-10-24)31(39)33-19-22-14-16-25(32)17-15-22/h2-18,30H,19-21H2,1H3,(H,33,39)/t30-/m1/s1. The summed E-state index contributed by atoms with van der Waals surface area (Å²) in [6, 6.07) is 28.9.